The lowest BCUT2D eigenvalue weighted by molar-refractivity contribution is -0.140. The van der Waals surface area contributed by atoms with Crippen LogP contribution >= 0.6 is 0 Å². The van der Waals surface area contributed by atoms with Crippen molar-refractivity contribution in [2.45, 2.75) is 78.1 Å². The van der Waals surface area contributed by atoms with Crippen LogP contribution in [0.3, 0.4) is 0 Å². The van der Waals surface area contributed by atoms with Gasteiger partial charge in [-0.2, -0.15) is 0 Å². The van der Waals surface area contributed by atoms with Crippen molar-refractivity contribution < 1.29 is 14.0 Å². The van der Waals surface area contributed by atoms with Crippen molar-refractivity contribution in [3.8, 4) is 0 Å². The number of carbonyl (C=O) groups excluding carboxylic acids is 2. The van der Waals surface area contributed by atoms with Gasteiger partial charge in [-0.3, -0.25) is 9.59 Å². The molecule has 0 fully saturated rings. The van der Waals surface area contributed by atoms with E-state index in [0.29, 0.717) is 12.3 Å². The van der Waals surface area contributed by atoms with Crippen LogP contribution in [0.2, 0.25) is 39.3 Å². The van der Waals surface area contributed by atoms with E-state index in [1.165, 1.54) is 0 Å². The Hall–Kier alpha value is -1.45. The molecular weight excluding hydrogens is 384 g/mol. The minimum atomic E-state index is -2.05. The minimum Gasteiger partial charge on any atom is -0.518 e. The summed E-state index contributed by atoms with van der Waals surface area (Å²) in [5.74, 6) is -0.0849. The maximum atomic E-state index is 13.1. The molecule has 28 heavy (non-hydrogen) atoms. The number of benzene rings is 1. The molecule has 0 spiro atoms. The SMILES string of the molecule is CC(C)CC(N[Si](C)(C)C)C(=O)N[C@@H](Cc1ccccc1)C(=O)O[Si](C)(C)C. The molecule has 5 nitrogen and oxygen atoms in total. The largest absolute Gasteiger partial charge is 0.518 e. The summed E-state index contributed by atoms with van der Waals surface area (Å²) in [6.45, 7) is 16.7. The van der Waals surface area contributed by atoms with Crippen LogP contribution in [0.4, 0.5) is 0 Å². The second kappa shape index (κ2) is 10.4. The number of nitrogens with one attached hydrogen (secondary N) is 2. The van der Waals surface area contributed by atoms with E-state index in [2.05, 4.69) is 43.8 Å². The average molecular weight is 423 g/mol. The molecule has 0 aromatic heterocycles. The first-order valence-electron chi connectivity index (χ1n) is 10.1. The van der Waals surface area contributed by atoms with Gasteiger partial charge in [-0.25, -0.2) is 0 Å². The van der Waals surface area contributed by atoms with E-state index in [4.69, 9.17) is 4.43 Å². The summed E-state index contributed by atoms with van der Waals surface area (Å²) in [6.07, 6.45) is 1.16. The zero-order valence-electron chi connectivity index (χ0n) is 18.8. The highest BCUT2D eigenvalue weighted by atomic mass is 28.4. The monoisotopic (exact) mass is 422 g/mol. The summed E-state index contributed by atoms with van der Waals surface area (Å²) in [6, 6.07) is 8.76. The fraction of sp³-hybridized carbons (Fsp3) is 0.619. The van der Waals surface area contributed by atoms with Crippen LogP contribution in [0, 0.1) is 5.92 Å². The molecule has 0 radical (unpaired) electrons. The van der Waals surface area contributed by atoms with Gasteiger partial charge in [0.2, 0.25) is 14.2 Å². The standard InChI is InChI=1S/C21H38N2O3Si2/c1-16(2)14-18(23-27(3,4)5)20(24)22-19(21(25)26-28(6,7)8)15-17-12-10-9-11-13-17/h9-13,16,18-19,23H,14-15H2,1-8H3,(H,22,24)/t18?,19-/m0/s1. The van der Waals surface area contributed by atoms with E-state index in [1.807, 2.05) is 50.0 Å². The minimum absolute atomic E-state index is 0.121. The van der Waals surface area contributed by atoms with E-state index in [9.17, 15) is 9.59 Å². The summed E-state index contributed by atoms with van der Waals surface area (Å²) in [5, 5.41) is 2.98. The van der Waals surface area contributed by atoms with Crippen molar-refractivity contribution in [1.82, 2.24) is 10.3 Å². The van der Waals surface area contributed by atoms with E-state index in [-0.39, 0.29) is 17.9 Å². The van der Waals surface area contributed by atoms with Crippen molar-refractivity contribution in [1.29, 1.82) is 0 Å². The Morgan fingerprint density at radius 3 is 2.00 bits per heavy atom. The molecule has 0 aliphatic carbocycles. The van der Waals surface area contributed by atoms with Gasteiger partial charge >= 0.3 is 5.97 Å². The molecule has 0 aliphatic rings. The topological polar surface area (TPSA) is 67.4 Å². The highest BCUT2D eigenvalue weighted by Crippen LogP contribution is 2.12. The van der Waals surface area contributed by atoms with Gasteiger partial charge in [-0.05, 0) is 37.5 Å². The van der Waals surface area contributed by atoms with Crippen LogP contribution in [0.25, 0.3) is 0 Å². The second-order valence-electron chi connectivity index (χ2n) is 9.86. The Kier molecular flexibility index (Phi) is 9.10. The third kappa shape index (κ3) is 10.2. The van der Waals surface area contributed by atoms with Gasteiger partial charge in [-0.1, -0.05) is 63.8 Å². The fourth-order valence-corrected chi connectivity index (χ4v) is 4.95. The summed E-state index contributed by atoms with van der Waals surface area (Å²) < 4.78 is 5.71. The van der Waals surface area contributed by atoms with Crippen molar-refractivity contribution in [2.75, 3.05) is 0 Å². The van der Waals surface area contributed by atoms with Gasteiger partial charge in [0.15, 0.2) is 0 Å². The summed E-state index contributed by atoms with van der Waals surface area (Å²) in [7, 11) is -3.71. The molecular formula is C21H38N2O3Si2. The number of rotatable bonds is 10. The molecule has 1 unspecified atom stereocenters. The fourth-order valence-electron chi connectivity index (χ4n) is 2.91. The van der Waals surface area contributed by atoms with Gasteiger partial charge in [0.25, 0.3) is 0 Å². The molecule has 0 saturated heterocycles. The first kappa shape index (κ1) is 24.6. The van der Waals surface area contributed by atoms with Gasteiger partial charge in [-0.15, -0.1) is 0 Å². The lowest BCUT2D eigenvalue weighted by atomic mass is 10.0. The smallest absolute Gasteiger partial charge is 0.315 e. The second-order valence-corrected chi connectivity index (χ2v) is 19.1. The summed E-state index contributed by atoms with van der Waals surface area (Å²) in [4.78, 5) is 29.4. The Morgan fingerprint density at radius 2 is 1.54 bits per heavy atom. The van der Waals surface area contributed by atoms with Crippen LogP contribution < -0.4 is 10.3 Å². The Morgan fingerprint density at radius 1 is 0.964 bits per heavy atom. The predicted molar refractivity (Wildman–Crippen MR) is 121 cm³/mol. The van der Waals surface area contributed by atoms with Gasteiger partial charge in [0.1, 0.15) is 14.3 Å². The molecule has 1 rings (SSSR count). The normalized spacial score (nSPS) is 14.5. The first-order chi connectivity index (χ1) is 12.8. The molecule has 2 N–H and O–H groups in total. The van der Waals surface area contributed by atoms with Gasteiger partial charge in [0, 0.05) is 6.42 Å². The Bertz CT molecular complexity index is 637. The lowest BCUT2D eigenvalue weighted by Crippen LogP contribution is -2.58. The summed E-state index contributed by atoms with van der Waals surface area (Å²) in [5.41, 5.74) is 0.999. The van der Waals surface area contributed by atoms with Crippen molar-refractivity contribution >= 4 is 28.4 Å². The molecule has 0 heterocycles. The maximum absolute atomic E-state index is 13.1. The number of carbonyl (C=O) groups is 2. The lowest BCUT2D eigenvalue weighted by Gasteiger charge is -2.30. The van der Waals surface area contributed by atoms with Crippen LogP contribution in [0.1, 0.15) is 25.8 Å². The number of hydrogen-bond acceptors (Lipinski definition) is 4. The molecule has 0 bridgehead atoms. The molecule has 7 heteroatoms. The van der Waals surface area contributed by atoms with E-state index in [1.54, 1.807) is 0 Å². The molecule has 0 saturated carbocycles. The van der Waals surface area contributed by atoms with Gasteiger partial charge < -0.3 is 14.7 Å². The molecule has 0 aliphatic heterocycles. The number of hydrogen-bond donors (Lipinski definition) is 2. The van der Waals surface area contributed by atoms with Crippen LogP contribution in [0.15, 0.2) is 30.3 Å². The van der Waals surface area contributed by atoms with E-state index in [0.717, 1.165) is 12.0 Å². The third-order valence-electron chi connectivity index (χ3n) is 3.92. The van der Waals surface area contributed by atoms with Crippen LogP contribution in [0.5, 0.6) is 0 Å². The molecule has 1 aromatic carbocycles. The molecule has 1 amide bonds. The predicted octanol–water partition coefficient (Wildman–Crippen LogP) is 3.93. The number of amides is 1. The quantitative estimate of drug-likeness (QED) is 0.561. The van der Waals surface area contributed by atoms with Crippen LogP contribution in [-0.2, 0) is 20.4 Å². The zero-order valence-corrected chi connectivity index (χ0v) is 20.8. The Labute approximate surface area is 172 Å². The summed E-state index contributed by atoms with van der Waals surface area (Å²) >= 11 is 0. The zero-order chi connectivity index (χ0) is 21.5. The molecule has 2 atom stereocenters. The van der Waals surface area contributed by atoms with Gasteiger partial charge in [0.05, 0.1) is 6.04 Å². The maximum Gasteiger partial charge on any atom is 0.315 e. The van der Waals surface area contributed by atoms with Crippen molar-refractivity contribution in [3.05, 3.63) is 35.9 Å². The third-order valence-corrected chi connectivity index (χ3v) is 5.95. The van der Waals surface area contributed by atoms with E-state index < -0.39 is 22.6 Å². The van der Waals surface area contributed by atoms with Crippen molar-refractivity contribution in [3.63, 3.8) is 0 Å². The average Bonchev–Trinajstić information content (AvgIpc) is 2.51. The Balaban J connectivity index is 3.00. The van der Waals surface area contributed by atoms with Crippen LogP contribution in [-0.4, -0.2) is 40.5 Å². The molecule has 1 aromatic rings. The first-order valence-corrected chi connectivity index (χ1v) is 17.0. The molecule has 158 valence electrons. The van der Waals surface area contributed by atoms with Crippen molar-refractivity contribution in [2.24, 2.45) is 5.92 Å². The van der Waals surface area contributed by atoms with E-state index >= 15 is 0 Å². The highest BCUT2D eigenvalue weighted by molar-refractivity contribution is 6.73. The highest BCUT2D eigenvalue weighted by Gasteiger charge is 2.32.